The summed E-state index contributed by atoms with van der Waals surface area (Å²) in [5.41, 5.74) is 11.8. The molecule has 20 heteroatoms. The Balaban J connectivity index is 0.922. The van der Waals surface area contributed by atoms with Crippen LogP contribution < -0.4 is 36.6 Å². The average molecular weight is 1100 g/mol. The number of hydrogen-bond donors (Lipinski definition) is 6. The van der Waals surface area contributed by atoms with Crippen LogP contribution in [0.4, 0.5) is 10.5 Å². The molecule has 77 heavy (non-hydrogen) atoms. The van der Waals surface area contributed by atoms with Crippen LogP contribution in [0.2, 0.25) is 5.02 Å². The lowest BCUT2D eigenvalue weighted by atomic mass is 9.85. The number of aliphatic hydroxyl groups is 1. The van der Waals surface area contributed by atoms with Gasteiger partial charge < -0.3 is 46.5 Å². The molecular formula is C57H73ClN8O10S. The Morgan fingerprint density at radius 3 is 2.29 bits per heavy atom. The molecule has 0 spiro atoms. The molecule has 7 amide bonds. The van der Waals surface area contributed by atoms with E-state index in [-0.39, 0.29) is 57.2 Å². The standard InChI is InChI=1S/C57H73ClN8O10S/c1-32(34-19-21-37(22-20-34)49-33(2)60-31-77-49)61-51(70)42-28-40(67)29-65(42)54(73)50(56(3,4)5)64-46(69)18-10-9-13-35-14-12-17-44(47(35)58)75-30-39(24-26-45(59)68)62-52(71)43-27-38-16-11-15-36-23-25-41(53(72)66(43)48(36)38)63-55(74)76-57(6,7)8/h11-12,14-17,19-22,31-32,39-43,50,67H,9-10,13,18,23-30H2,1-8H3,(H2,59,68)(H,61,70)(H,62,71)(H,63,74)(H,64,69)/t32-,39-,40+,41-,42-,43-,50+/m0/s1. The molecule has 0 unspecified atom stereocenters. The van der Waals surface area contributed by atoms with Crippen LogP contribution in [0.1, 0.15) is 127 Å². The monoisotopic (exact) mass is 1100 g/mol. The van der Waals surface area contributed by atoms with E-state index in [9.17, 15) is 38.7 Å². The molecule has 0 saturated carbocycles. The van der Waals surface area contributed by atoms with Crippen molar-refractivity contribution in [1.82, 2.24) is 31.2 Å². The predicted octanol–water partition coefficient (Wildman–Crippen LogP) is 6.78. The molecule has 3 aliphatic heterocycles. The normalized spacial score (nSPS) is 19.3. The topological polar surface area (TPSA) is 252 Å². The highest BCUT2D eigenvalue weighted by Gasteiger charge is 2.46. The average Bonchev–Trinajstić information content (AvgIpc) is 4.11. The van der Waals surface area contributed by atoms with Gasteiger partial charge in [0.05, 0.1) is 45.0 Å². The van der Waals surface area contributed by atoms with Gasteiger partial charge in [-0.2, -0.15) is 0 Å². The molecule has 18 nitrogen and oxygen atoms in total. The SMILES string of the molecule is Cc1ncsc1-c1ccc([C@H](C)NC(=O)[C@@H]2C[C@@H](O)CN2C(=O)[C@@H](NC(=O)CCCCc2cccc(OC[C@H](CCC(N)=O)NC(=O)[C@@H]3Cc4cccc5c4N3C(=O)[C@@H](NC(=O)OC(C)(C)C)CC5)c2Cl)C(C)(C)C)cc1. The van der Waals surface area contributed by atoms with Crippen molar-refractivity contribution in [2.75, 3.05) is 18.1 Å². The second-order valence-electron chi connectivity index (χ2n) is 22.4. The number of ether oxygens (including phenoxy) is 2. The molecule has 1 aromatic heterocycles. The number of nitrogens with zero attached hydrogens (tertiary/aromatic N) is 3. The maximum absolute atomic E-state index is 14.3. The van der Waals surface area contributed by atoms with E-state index in [0.29, 0.717) is 48.6 Å². The molecule has 0 aliphatic carbocycles. The van der Waals surface area contributed by atoms with Crippen molar-refractivity contribution < 1.29 is 48.1 Å². The molecule has 414 valence electrons. The number of rotatable bonds is 20. The molecule has 1 fully saturated rings. The summed E-state index contributed by atoms with van der Waals surface area (Å²) in [7, 11) is 0. The summed E-state index contributed by atoms with van der Waals surface area (Å²) in [6.07, 6.45) is 1.17. The number of hydrogen-bond acceptors (Lipinski definition) is 12. The number of aromatic nitrogens is 1. The van der Waals surface area contributed by atoms with Gasteiger partial charge in [-0.05, 0) is 112 Å². The Bertz CT molecular complexity index is 2830. The lowest BCUT2D eigenvalue weighted by Gasteiger charge is -2.35. The third-order valence-corrected chi connectivity index (χ3v) is 15.5. The fourth-order valence-electron chi connectivity index (χ4n) is 10.1. The van der Waals surface area contributed by atoms with Crippen LogP contribution >= 0.6 is 22.9 Å². The summed E-state index contributed by atoms with van der Waals surface area (Å²) < 4.78 is 11.7. The zero-order valence-corrected chi connectivity index (χ0v) is 46.8. The Kier molecular flexibility index (Phi) is 18.7. The van der Waals surface area contributed by atoms with E-state index < -0.39 is 83.0 Å². The number of amides is 7. The number of β-amino-alcohol motifs (C(OH)–C–C–N with tert-alkyl or cyclic N) is 1. The van der Waals surface area contributed by atoms with Crippen molar-refractivity contribution >= 4 is 70.2 Å². The van der Waals surface area contributed by atoms with E-state index in [2.05, 4.69) is 26.3 Å². The van der Waals surface area contributed by atoms with Crippen LogP contribution in [0.25, 0.3) is 10.4 Å². The number of halogens is 1. The van der Waals surface area contributed by atoms with Crippen LogP contribution in [0.5, 0.6) is 5.75 Å². The van der Waals surface area contributed by atoms with E-state index in [4.69, 9.17) is 26.8 Å². The van der Waals surface area contributed by atoms with Gasteiger partial charge in [0, 0.05) is 32.2 Å². The minimum atomic E-state index is -0.977. The van der Waals surface area contributed by atoms with Gasteiger partial charge in [0.1, 0.15) is 42.1 Å². The highest BCUT2D eigenvalue weighted by Crippen LogP contribution is 2.40. The van der Waals surface area contributed by atoms with Crippen LogP contribution in [0.15, 0.2) is 66.2 Å². The number of nitrogens with two attached hydrogens (primary N) is 1. The van der Waals surface area contributed by atoms with E-state index in [1.165, 1.54) is 9.80 Å². The van der Waals surface area contributed by atoms with Crippen LogP contribution in [-0.2, 0) is 52.8 Å². The lowest BCUT2D eigenvalue weighted by Crippen LogP contribution is -2.57. The van der Waals surface area contributed by atoms with Gasteiger partial charge >= 0.3 is 6.09 Å². The number of aliphatic hydroxyl groups excluding tert-OH is 1. The number of carbonyl (C=O) groups excluding carboxylic acids is 7. The number of primary amides is 1. The number of para-hydroxylation sites is 1. The minimum absolute atomic E-state index is 0.0431. The molecule has 0 bridgehead atoms. The third-order valence-electron chi connectivity index (χ3n) is 14.1. The van der Waals surface area contributed by atoms with Crippen LogP contribution in [0, 0.1) is 12.3 Å². The van der Waals surface area contributed by atoms with E-state index in [0.717, 1.165) is 38.4 Å². The second kappa shape index (κ2) is 24.8. The van der Waals surface area contributed by atoms with Crippen LogP contribution in [0.3, 0.4) is 0 Å². The molecule has 3 aliphatic rings. The zero-order chi connectivity index (χ0) is 55.9. The number of anilines is 1. The minimum Gasteiger partial charge on any atom is -0.490 e. The molecule has 0 radical (unpaired) electrons. The number of alkyl carbamates (subject to hydrolysis) is 1. The van der Waals surface area contributed by atoms with Gasteiger partial charge in [0.2, 0.25) is 35.4 Å². The summed E-state index contributed by atoms with van der Waals surface area (Å²) in [6, 6.07) is 14.0. The van der Waals surface area contributed by atoms with Crippen molar-refractivity contribution in [2.45, 2.75) is 168 Å². The first-order chi connectivity index (χ1) is 36.4. The third kappa shape index (κ3) is 14.7. The fourth-order valence-corrected chi connectivity index (χ4v) is 11.2. The van der Waals surface area contributed by atoms with Gasteiger partial charge in [-0.15, -0.1) is 11.3 Å². The summed E-state index contributed by atoms with van der Waals surface area (Å²) in [5.74, 6) is -2.30. The van der Waals surface area contributed by atoms with Crippen molar-refractivity contribution in [3.8, 4) is 16.2 Å². The number of likely N-dealkylation sites (tertiary alicyclic amines) is 1. The number of carbonyl (C=O) groups is 7. The van der Waals surface area contributed by atoms with Gasteiger partial charge in [-0.25, -0.2) is 9.78 Å². The number of benzene rings is 3. The second-order valence-corrected chi connectivity index (χ2v) is 23.7. The molecule has 7 rings (SSSR count). The first-order valence-corrected chi connectivity index (χ1v) is 27.6. The van der Waals surface area contributed by atoms with Gasteiger partial charge in [-0.3, -0.25) is 33.7 Å². The smallest absolute Gasteiger partial charge is 0.408 e. The summed E-state index contributed by atoms with van der Waals surface area (Å²) in [5, 5.41) is 22.8. The molecule has 4 heterocycles. The predicted molar refractivity (Wildman–Crippen MR) is 294 cm³/mol. The first-order valence-electron chi connectivity index (χ1n) is 26.4. The van der Waals surface area contributed by atoms with E-state index >= 15 is 0 Å². The maximum Gasteiger partial charge on any atom is 0.408 e. The number of thiazole rings is 1. The summed E-state index contributed by atoms with van der Waals surface area (Å²) >= 11 is 8.47. The van der Waals surface area contributed by atoms with Gasteiger partial charge in [0.15, 0.2) is 0 Å². The van der Waals surface area contributed by atoms with Gasteiger partial charge in [-0.1, -0.05) is 87.0 Å². The van der Waals surface area contributed by atoms with Crippen molar-refractivity contribution in [2.24, 2.45) is 11.1 Å². The summed E-state index contributed by atoms with van der Waals surface area (Å²) in [4.78, 5) is 103. The Morgan fingerprint density at radius 1 is 0.909 bits per heavy atom. The maximum atomic E-state index is 14.3. The number of nitrogens with one attached hydrogen (secondary N) is 4. The molecular weight excluding hydrogens is 1020 g/mol. The largest absolute Gasteiger partial charge is 0.490 e. The van der Waals surface area contributed by atoms with Crippen LogP contribution in [-0.4, -0.2) is 112 Å². The highest BCUT2D eigenvalue weighted by molar-refractivity contribution is 7.13. The lowest BCUT2D eigenvalue weighted by molar-refractivity contribution is -0.144. The first kappa shape index (κ1) is 58.1. The molecule has 1 saturated heterocycles. The Hall–Kier alpha value is -6.57. The molecule has 7 N–H and O–H groups in total. The quantitative estimate of drug-likeness (QED) is 0.0503. The van der Waals surface area contributed by atoms with Gasteiger partial charge in [0.25, 0.3) is 0 Å². The van der Waals surface area contributed by atoms with E-state index in [1.54, 1.807) is 49.8 Å². The Labute approximate surface area is 459 Å². The number of aryl methyl sites for hydroxylation is 3. The summed E-state index contributed by atoms with van der Waals surface area (Å²) in [6.45, 7) is 14.4. The van der Waals surface area contributed by atoms with Crippen molar-refractivity contribution in [3.63, 3.8) is 0 Å². The number of unbranched alkanes of at least 4 members (excludes halogenated alkanes) is 1. The molecule has 7 atom stereocenters. The van der Waals surface area contributed by atoms with Crippen molar-refractivity contribution in [3.05, 3.63) is 99.1 Å². The van der Waals surface area contributed by atoms with Crippen molar-refractivity contribution in [1.29, 1.82) is 0 Å². The molecule has 4 aromatic rings. The van der Waals surface area contributed by atoms with E-state index in [1.807, 2.05) is 83.1 Å². The fraction of sp³-hybridized carbons (Fsp3) is 0.509. The molecule has 3 aromatic carbocycles. The highest BCUT2D eigenvalue weighted by atomic mass is 35.5. The zero-order valence-electron chi connectivity index (χ0n) is 45.2. The Morgan fingerprint density at radius 2 is 1.61 bits per heavy atom.